The van der Waals surface area contributed by atoms with Gasteiger partial charge in [0.15, 0.2) is 0 Å². The maximum absolute atomic E-state index is 10.3. The van der Waals surface area contributed by atoms with E-state index in [-0.39, 0.29) is 12.1 Å². The Labute approximate surface area is 226 Å². The number of nitrogens with two attached hydrogens (primary N) is 1. The second kappa shape index (κ2) is 26.4. The molecule has 5 unspecified atom stereocenters. The number of aliphatic hydroxyl groups is 1. The first-order valence-electron chi connectivity index (χ1n) is 15.7. The summed E-state index contributed by atoms with van der Waals surface area (Å²) in [5.74, 6) is 0. The second-order valence-electron chi connectivity index (χ2n) is 11.6. The second-order valence-corrected chi connectivity index (χ2v) is 11.6. The Hall–Kier alpha value is -0.240. The van der Waals surface area contributed by atoms with E-state index in [9.17, 15) is 5.11 Å². The van der Waals surface area contributed by atoms with Gasteiger partial charge >= 0.3 is 0 Å². The van der Waals surface area contributed by atoms with Gasteiger partial charge in [-0.1, -0.05) is 96.8 Å². The minimum atomic E-state index is -0.222. The summed E-state index contributed by atoms with van der Waals surface area (Å²) in [4.78, 5) is 0. The first-order valence-corrected chi connectivity index (χ1v) is 15.7. The molecule has 0 aromatic rings. The van der Waals surface area contributed by atoms with Crippen molar-refractivity contribution in [3.8, 4) is 0 Å². The van der Waals surface area contributed by atoms with Gasteiger partial charge in [0.2, 0.25) is 0 Å². The monoisotopic (exact) mass is 514 g/mol. The highest BCUT2D eigenvalue weighted by Crippen LogP contribution is 2.13. The van der Waals surface area contributed by atoms with Crippen molar-refractivity contribution >= 4 is 0 Å². The van der Waals surface area contributed by atoms with Crippen LogP contribution in [0.3, 0.4) is 0 Å². The van der Waals surface area contributed by atoms with Crippen LogP contribution in [0.5, 0.6) is 0 Å². The van der Waals surface area contributed by atoms with Crippen molar-refractivity contribution in [1.82, 2.24) is 21.3 Å². The molecule has 0 aliphatic heterocycles. The number of unbranched alkanes of at least 4 members (excludes halogenated alkanes) is 13. The molecule has 36 heavy (non-hydrogen) atoms. The van der Waals surface area contributed by atoms with Crippen molar-refractivity contribution in [2.45, 2.75) is 161 Å². The number of aliphatic hydroxyl groups excluding tert-OH is 1. The average Bonchev–Trinajstić information content (AvgIpc) is 2.85. The Morgan fingerprint density at radius 1 is 0.528 bits per heavy atom. The van der Waals surface area contributed by atoms with Crippen LogP contribution in [0.2, 0.25) is 0 Å². The molecule has 0 saturated carbocycles. The van der Waals surface area contributed by atoms with Crippen LogP contribution in [-0.4, -0.2) is 68.1 Å². The van der Waals surface area contributed by atoms with E-state index in [4.69, 9.17) is 5.73 Å². The Morgan fingerprint density at radius 3 is 1.36 bits per heavy atom. The van der Waals surface area contributed by atoms with E-state index < -0.39 is 0 Å². The average molecular weight is 514 g/mol. The molecule has 7 N–H and O–H groups in total. The molecule has 0 saturated heterocycles. The zero-order chi connectivity index (χ0) is 26.9. The van der Waals surface area contributed by atoms with Gasteiger partial charge in [0.25, 0.3) is 0 Å². The van der Waals surface area contributed by atoms with Gasteiger partial charge in [0.1, 0.15) is 0 Å². The van der Waals surface area contributed by atoms with Crippen molar-refractivity contribution in [2.24, 2.45) is 5.73 Å². The lowest BCUT2D eigenvalue weighted by Crippen LogP contribution is -2.48. The van der Waals surface area contributed by atoms with Crippen LogP contribution in [0.1, 0.15) is 131 Å². The third-order valence-electron chi connectivity index (χ3n) is 7.05. The molecule has 0 aromatic carbocycles. The molecule has 0 spiro atoms. The van der Waals surface area contributed by atoms with Gasteiger partial charge in [0.05, 0.1) is 6.10 Å². The van der Waals surface area contributed by atoms with Crippen molar-refractivity contribution in [2.75, 3.05) is 32.7 Å². The van der Waals surface area contributed by atoms with Crippen LogP contribution in [0.25, 0.3) is 0 Å². The van der Waals surface area contributed by atoms with Crippen LogP contribution in [0, 0.1) is 0 Å². The first-order chi connectivity index (χ1) is 17.3. The Balaban J connectivity index is 3.45. The van der Waals surface area contributed by atoms with Crippen molar-refractivity contribution in [3.63, 3.8) is 0 Å². The summed E-state index contributed by atoms with van der Waals surface area (Å²) in [6.45, 7) is 15.2. The fourth-order valence-corrected chi connectivity index (χ4v) is 4.50. The molecule has 0 amide bonds. The molecule has 5 atom stereocenters. The molecular formula is C30H67N5O. The molecule has 218 valence electrons. The van der Waals surface area contributed by atoms with Crippen molar-refractivity contribution in [3.05, 3.63) is 0 Å². The van der Waals surface area contributed by atoms with Gasteiger partial charge in [-0.15, -0.1) is 0 Å². The zero-order valence-electron chi connectivity index (χ0n) is 25.1. The fraction of sp³-hybridized carbons (Fsp3) is 1.00. The summed E-state index contributed by atoms with van der Waals surface area (Å²) in [6.07, 6.45) is 20.0. The number of hydrogen-bond acceptors (Lipinski definition) is 6. The largest absolute Gasteiger partial charge is 0.392 e. The third-order valence-corrected chi connectivity index (χ3v) is 7.05. The molecule has 0 fully saturated rings. The van der Waals surface area contributed by atoms with Crippen LogP contribution < -0.4 is 27.0 Å². The minimum Gasteiger partial charge on any atom is -0.392 e. The van der Waals surface area contributed by atoms with E-state index in [1.807, 2.05) is 6.92 Å². The highest BCUT2D eigenvalue weighted by Gasteiger charge is 2.09. The lowest BCUT2D eigenvalue weighted by Gasteiger charge is -2.22. The lowest BCUT2D eigenvalue weighted by molar-refractivity contribution is 0.157. The van der Waals surface area contributed by atoms with Crippen LogP contribution in [0.4, 0.5) is 0 Å². The smallest absolute Gasteiger partial charge is 0.0664 e. The molecule has 0 aliphatic rings. The fourth-order valence-electron chi connectivity index (χ4n) is 4.50. The maximum atomic E-state index is 10.3. The number of rotatable bonds is 28. The quantitative estimate of drug-likeness (QED) is 0.0816. The Bertz CT molecular complexity index is 438. The lowest BCUT2D eigenvalue weighted by atomic mass is 10.0. The van der Waals surface area contributed by atoms with Crippen molar-refractivity contribution < 1.29 is 5.11 Å². The van der Waals surface area contributed by atoms with Gasteiger partial charge in [0, 0.05) is 56.9 Å². The van der Waals surface area contributed by atoms with E-state index in [1.54, 1.807) is 0 Å². The maximum Gasteiger partial charge on any atom is 0.0664 e. The van der Waals surface area contributed by atoms with E-state index in [0.29, 0.717) is 24.7 Å². The molecule has 0 aromatic heterocycles. The summed E-state index contributed by atoms with van der Waals surface area (Å²) >= 11 is 0. The molecule has 6 nitrogen and oxygen atoms in total. The summed E-state index contributed by atoms with van der Waals surface area (Å²) in [5.41, 5.74) is 5.80. The van der Waals surface area contributed by atoms with Crippen LogP contribution >= 0.6 is 0 Å². The SMILES string of the molecule is CCCCCCCCCCCCCCCCC(O)CNCC(C)NCC(C)NCC(C)NCC(C)N. The highest BCUT2D eigenvalue weighted by atomic mass is 16.3. The Morgan fingerprint density at radius 2 is 0.917 bits per heavy atom. The van der Waals surface area contributed by atoms with E-state index >= 15 is 0 Å². The summed E-state index contributed by atoms with van der Waals surface area (Å²) in [7, 11) is 0. The first kappa shape index (κ1) is 35.8. The minimum absolute atomic E-state index is 0.192. The molecular weight excluding hydrogens is 446 g/mol. The normalized spacial score (nSPS) is 16.1. The standard InChI is InChI=1S/C30H67N5O/c1-6-7-8-9-10-11-12-13-14-15-16-17-18-19-20-30(36)25-32-22-27(3)34-24-29(5)35-23-28(4)33-21-26(2)31/h26-30,32-36H,6-25,31H2,1-5H3. The highest BCUT2D eigenvalue weighted by molar-refractivity contribution is 4.74. The number of nitrogens with one attached hydrogen (secondary N) is 4. The third kappa shape index (κ3) is 26.8. The van der Waals surface area contributed by atoms with Gasteiger partial charge < -0.3 is 32.1 Å². The molecule has 0 aliphatic carbocycles. The molecule has 6 heteroatoms. The van der Waals surface area contributed by atoms with Gasteiger partial charge in [-0.3, -0.25) is 0 Å². The number of hydrogen-bond donors (Lipinski definition) is 6. The molecule has 0 heterocycles. The summed E-state index contributed by atoms with van der Waals surface area (Å²) in [6, 6.07) is 1.41. The van der Waals surface area contributed by atoms with E-state index in [2.05, 4.69) is 49.0 Å². The van der Waals surface area contributed by atoms with Crippen LogP contribution in [0.15, 0.2) is 0 Å². The topological polar surface area (TPSA) is 94.4 Å². The molecule has 0 rings (SSSR count). The van der Waals surface area contributed by atoms with Crippen molar-refractivity contribution in [1.29, 1.82) is 0 Å². The van der Waals surface area contributed by atoms with E-state index in [0.717, 1.165) is 39.0 Å². The summed E-state index contributed by atoms with van der Waals surface area (Å²) < 4.78 is 0. The van der Waals surface area contributed by atoms with E-state index in [1.165, 1.54) is 83.5 Å². The summed E-state index contributed by atoms with van der Waals surface area (Å²) in [5, 5.41) is 24.3. The van der Waals surface area contributed by atoms with Gasteiger partial charge in [-0.2, -0.15) is 0 Å². The van der Waals surface area contributed by atoms with Gasteiger partial charge in [-0.25, -0.2) is 0 Å². The Kier molecular flexibility index (Phi) is 26.2. The zero-order valence-corrected chi connectivity index (χ0v) is 25.1. The van der Waals surface area contributed by atoms with Gasteiger partial charge in [-0.05, 0) is 34.1 Å². The predicted molar refractivity (Wildman–Crippen MR) is 160 cm³/mol. The predicted octanol–water partition coefficient (Wildman–Crippen LogP) is 5.09. The van der Waals surface area contributed by atoms with Crippen LogP contribution in [-0.2, 0) is 0 Å². The molecule has 0 bridgehead atoms. The molecule has 0 radical (unpaired) electrons.